The number of aromatic amines is 1. The highest BCUT2D eigenvalue weighted by Gasteiger charge is 2.31. The molecule has 1 N–H and O–H groups in total. The summed E-state index contributed by atoms with van der Waals surface area (Å²) in [5, 5.41) is 7.34. The number of aromatic nitrogens is 3. The third-order valence-electron chi connectivity index (χ3n) is 4.79. The lowest BCUT2D eigenvalue weighted by atomic mass is 10.00. The van der Waals surface area contributed by atoms with Gasteiger partial charge in [0, 0.05) is 13.0 Å². The minimum absolute atomic E-state index is 0.0758. The number of fused-ring (bicyclic) bond motifs is 1. The Kier molecular flexibility index (Phi) is 3.41. The van der Waals surface area contributed by atoms with E-state index in [9.17, 15) is 0 Å². The minimum Gasteiger partial charge on any atom is -0.487 e. The quantitative estimate of drug-likeness (QED) is 0.946. The van der Waals surface area contributed by atoms with E-state index in [2.05, 4.69) is 52.1 Å². The van der Waals surface area contributed by atoms with Crippen molar-refractivity contribution in [1.29, 1.82) is 0 Å². The van der Waals surface area contributed by atoms with Crippen molar-refractivity contribution in [3.05, 3.63) is 41.0 Å². The van der Waals surface area contributed by atoms with Gasteiger partial charge in [0.15, 0.2) is 5.82 Å². The van der Waals surface area contributed by atoms with Crippen LogP contribution in [-0.2, 0) is 13.0 Å². The molecule has 1 unspecified atom stereocenters. The standard InChI is InChI=1S/C18H24N4O/c1-12-19-17(21-20-12)15-5-4-8-22(15)11-13-6-7-16-14(9-13)10-18(2,3)23-16/h6-7,9,15H,4-5,8,10-11H2,1-3H3,(H,19,20,21). The normalized spacial score (nSPS) is 23.0. The first-order valence-corrected chi connectivity index (χ1v) is 8.44. The van der Waals surface area contributed by atoms with Crippen molar-refractivity contribution >= 4 is 0 Å². The zero-order valence-electron chi connectivity index (χ0n) is 14.1. The number of ether oxygens (including phenoxy) is 1. The van der Waals surface area contributed by atoms with Crippen LogP contribution in [0.1, 0.15) is 55.5 Å². The predicted molar refractivity (Wildman–Crippen MR) is 88.4 cm³/mol. The molecule has 3 heterocycles. The van der Waals surface area contributed by atoms with E-state index in [-0.39, 0.29) is 5.60 Å². The first-order valence-electron chi connectivity index (χ1n) is 8.44. The molecule has 23 heavy (non-hydrogen) atoms. The van der Waals surface area contributed by atoms with Crippen LogP contribution < -0.4 is 4.74 Å². The second-order valence-corrected chi connectivity index (χ2v) is 7.39. The molecule has 0 amide bonds. The van der Waals surface area contributed by atoms with Gasteiger partial charge in [0.25, 0.3) is 0 Å². The number of benzene rings is 1. The maximum Gasteiger partial charge on any atom is 0.167 e. The number of nitrogens with zero attached hydrogens (tertiary/aromatic N) is 3. The molecule has 4 rings (SSSR count). The van der Waals surface area contributed by atoms with Crippen molar-refractivity contribution in [1.82, 2.24) is 20.1 Å². The fourth-order valence-corrected chi connectivity index (χ4v) is 3.81. The first kappa shape index (κ1) is 14.7. The lowest BCUT2D eigenvalue weighted by Gasteiger charge is -2.22. The zero-order chi connectivity index (χ0) is 16.0. The summed E-state index contributed by atoms with van der Waals surface area (Å²) < 4.78 is 5.97. The van der Waals surface area contributed by atoms with Crippen LogP contribution in [0.5, 0.6) is 5.75 Å². The smallest absolute Gasteiger partial charge is 0.167 e. The van der Waals surface area contributed by atoms with Gasteiger partial charge < -0.3 is 4.74 Å². The van der Waals surface area contributed by atoms with E-state index in [1.54, 1.807) is 0 Å². The van der Waals surface area contributed by atoms with Gasteiger partial charge in [-0.1, -0.05) is 12.1 Å². The molecule has 2 aromatic rings. The van der Waals surface area contributed by atoms with Gasteiger partial charge in [-0.25, -0.2) is 4.98 Å². The minimum atomic E-state index is -0.0758. The van der Waals surface area contributed by atoms with Gasteiger partial charge >= 0.3 is 0 Å². The number of aryl methyl sites for hydroxylation is 1. The highest BCUT2D eigenvalue weighted by atomic mass is 16.5. The van der Waals surface area contributed by atoms with E-state index in [0.29, 0.717) is 6.04 Å². The third-order valence-corrected chi connectivity index (χ3v) is 4.79. The number of H-pyrrole nitrogens is 1. The number of hydrogen-bond donors (Lipinski definition) is 1. The Morgan fingerprint density at radius 2 is 2.26 bits per heavy atom. The van der Waals surface area contributed by atoms with Crippen LogP contribution in [0.25, 0.3) is 0 Å². The molecule has 0 aliphatic carbocycles. The van der Waals surface area contributed by atoms with Gasteiger partial charge in [0.05, 0.1) is 6.04 Å². The highest BCUT2D eigenvalue weighted by molar-refractivity contribution is 5.41. The van der Waals surface area contributed by atoms with Gasteiger partial charge in [-0.2, -0.15) is 5.10 Å². The second-order valence-electron chi connectivity index (χ2n) is 7.39. The summed E-state index contributed by atoms with van der Waals surface area (Å²) in [4.78, 5) is 7.02. The van der Waals surface area contributed by atoms with Gasteiger partial charge in [-0.3, -0.25) is 10.00 Å². The zero-order valence-corrected chi connectivity index (χ0v) is 14.1. The molecule has 1 atom stereocenters. The average Bonchev–Trinajstić information content (AvgIpc) is 3.16. The summed E-state index contributed by atoms with van der Waals surface area (Å²) in [6.45, 7) is 8.31. The molecular weight excluding hydrogens is 288 g/mol. The van der Waals surface area contributed by atoms with Gasteiger partial charge in [0.2, 0.25) is 0 Å². The topological polar surface area (TPSA) is 54.0 Å². The van der Waals surface area contributed by atoms with Crippen molar-refractivity contribution in [3.8, 4) is 5.75 Å². The summed E-state index contributed by atoms with van der Waals surface area (Å²) in [6.07, 6.45) is 3.33. The number of hydrogen-bond acceptors (Lipinski definition) is 4. The lowest BCUT2D eigenvalue weighted by molar-refractivity contribution is 0.138. The van der Waals surface area contributed by atoms with E-state index in [1.807, 2.05) is 6.92 Å². The molecule has 2 aliphatic rings. The Labute approximate surface area is 137 Å². The SMILES string of the molecule is Cc1nc(C2CCCN2Cc2ccc3c(c2)CC(C)(C)O3)n[nH]1. The van der Waals surface area contributed by atoms with E-state index < -0.39 is 0 Å². The predicted octanol–water partition coefficient (Wildman–Crippen LogP) is 3.16. The van der Waals surface area contributed by atoms with Crippen molar-refractivity contribution in [2.24, 2.45) is 0 Å². The molecule has 5 heteroatoms. The molecule has 0 bridgehead atoms. The molecule has 0 spiro atoms. The second kappa shape index (κ2) is 5.34. The molecule has 1 aromatic heterocycles. The van der Waals surface area contributed by atoms with Crippen LogP contribution in [-0.4, -0.2) is 32.2 Å². The van der Waals surface area contributed by atoms with Gasteiger partial charge in [0.1, 0.15) is 17.2 Å². The Morgan fingerprint density at radius 3 is 3.04 bits per heavy atom. The maximum atomic E-state index is 5.97. The van der Waals surface area contributed by atoms with Crippen molar-refractivity contribution in [3.63, 3.8) is 0 Å². The Balaban J connectivity index is 1.52. The van der Waals surface area contributed by atoms with Crippen LogP contribution in [0.4, 0.5) is 0 Å². The Hall–Kier alpha value is -1.88. The van der Waals surface area contributed by atoms with Crippen LogP contribution in [0.2, 0.25) is 0 Å². The molecule has 2 aliphatic heterocycles. The summed E-state index contributed by atoms with van der Waals surface area (Å²) >= 11 is 0. The average molecular weight is 312 g/mol. The fourth-order valence-electron chi connectivity index (χ4n) is 3.81. The Bertz CT molecular complexity index is 722. The fraction of sp³-hybridized carbons (Fsp3) is 0.556. The van der Waals surface area contributed by atoms with Crippen LogP contribution in [0.15, 0.2) is 18.2 Å². The van der Waals surface area contributed by atoms with E-state index in [4.69, 9.17) is 4.74 Å². The molecular formula is C18H24N4O. The summed E-state index contributed by atoms with van der Waals surface area (Å²) in [5.74, 6) is 2.87. The Morgan fingerprint density at radius 1 is 1.39 bits per heavy atom. The molecule has 0 saturated carbocycles. The monoisotopic (exact) mass is 312 g/mol. The number of likely N-dealkylation sites (tertiary alicyclic amines) is 1. The van der Waals surface area contributed by atoms with E-state index >= 15 is 0 Å². The maximum absolute atomic E-state index is 5.97. The van der Waals surface area contributed by atoms with Crippen LogP contribution >= 0.6 is 0 Å². The molecule has 0 radical (unpaired) electrons. The van der Waals surface area contributed by atoms with E-state index in [0.717, 1.165) is 43.3 Å². The first-order chi connectivity index (χ1) is 11.0. The molecule has 5 nitrogen and oxygen atoms in total. The lowest BCUT2D eigenvalue weighted by Crippen LogP contribution is -2.24. The van der Waals surface area contributed by atoms with Crippen molar-refractivity contribution < 1.29 is 4.74 Å². The molecule has 1 fully saturated rings. The van der Waals surface area contributed by atoms with Gasteiger partial charge in [-0.05, 0) is 57.4 Å². The summed E-state index contributed by atoms with van der Waals surface area (Å²) in [5.41, 5.74) is 2.61. The summed E-state index contributed by atoms with van der Waals surface area (Å²) in [6, 6.07) is 6.96. The van der Waals surface area contributed by atoms with E-state index in [1.165, 1.54) is 17.5 Å². The largest absolute Gasteiger partial charge is 0.487 e. The number of nitrogens with one attached hydrogen (secondary N) is 1. The van der Waals surface area contributed by atoms with Crippen molar-refractivity contribution in [2.75, 3.05) is 6.54 Å². The number of rotatable bonds is 3. The molecule has 1 saturated heterocycles. The molecule has 122 valence electrons. The third kappa shape index (κ3) is 2.85. The summed E-state index contributed by atoms with van der Waals surface area (Å²) in [7, 11) is 0. The van der Waals surface area contributed by atoms with Crippen molar-refractivity contribution in [2.45, 2.75) is 58.2 Å². The highest BCUT2D eigenvalue weighted by Crippen LogP contribution is 2.36. The molecule has 1 aromatic carbocycles. The van der Waals surface area contributed by atoms with Crippen LogP contribution in [0, 0.1) is 6.92 Å². The van der Waals surface area contributed by atoms with Gasteiger partial charge in [-0.15, -0.1) is 0 Å². The van der Waals surface area contributed by atoms with Crippen LogP contribution in [0.3, 0.4) is 0 Å².